The van der Waals surface area contributed by atoms with Gasteiger partial charge in [0.05, 0.1) is 24.6 Å². The number of anilines is 1. The lowest BCUT2D eigenvalue weighted by molar-refractivity contribution is -0.142. The third-order valence-electron chi connectivity index (χ3n) is 7.47. The number of piperazine rings is 1. The maximum atomic E-state index is 13.2. The second-order valence-corrected chi connectivity index (χ2v) is 10.1. The molecule has 0 N–H and O–H groups in total. The predicted molar refractivity (Wildman–Crippen MR) is 143 cm³/mol. The van der Waals surface area contributed by atoms with Crippen molar-refractivity contribution in [1.82, 2.24) is 19.4 Å². The van der Waals surface area contributed by atoms with Crippen molar-refractivity contribution in [2.24, 2.45) is 7.05 Å². The van der Waals surface area contributed by atoms with E-state index in [1.807, 2.05) is 13.8 Å². The van der Waals surface area contributed by atoms with E-state index in [2.05, 4.69) is 19.8 Å². The number of ether oxygens (including phenoxy) is 1. The first-order valence-corrected chi connectivity index (χ1v) is 13.2. The van der Waals surface area contributed by atoms with Crippen LogP contribution in [0.15, 0.2) is 41.2 Å². The van der Waals surface area contributed by atoms with Crippen LogP contribution in [0.3, 0.4) is 0 Å². The number of fused-ring (bicyclic) bond motifs is 1. The lowest BCUT2D eigenvalue weighted by Crippen LogP contribution is -2.59. The maximum absolute atomic E-state index is 13.2. The summed E-state index contributed by atoms with van der Waals surface area (Å²) in [6.45, 7) is 4.97. The molecule has 39 heavy (non-hydrogen) atoms. The largest absolute Gasteiger partial charge is 0.469 e. The molecule has 2 aromatic heterocycles. The molecule has 0 bridgehead atoms. The van der Waals surface area contributed by atoms with Crippen molar-refractivity contribution in [2.75, 3.05) is 25.1 Å². The molecule has 0 spiro atoms. The number of rotatable bonds is 7. The van der Waals surface area contributed by atoms with Crippen molar-refractivity contribution in [3.8, 4) is 0 Å². The highest BCUT2D eigenvalue weighted by Crippen LogP contribution is 2.37. The van der Waals surface area contributed by atoms with Gasteiger partial charge in [-0.25, -0.2) is 9.78 Å². The van der Waals surface area contributed by atoms with Crippen LogP contribution in [-0.4, -0.2) is 57.7 Å². The van der Waals surface area contributed by atoms with Gasteiger partial charge in [0.2, 0.25) is 0 Å². The molecule has 3 atom stereocenters. The third kappa shape index (κ3) is 5.89. The van der Waals surface area contributed by atoms with Crippen LogP contribution in [0.1, 0.15) is 50.3 Å². The van der Waals surface area contributed by atoms with Gasteiger partial charge in [-0.2, -0.15) is 18.2 Å². The summed E-state index contributed by atoms with van der Waals surface area (Å²) in [6, 6.07) is 7.58. The molecule has 3 heterocycles. The normalized spacial score (nSPS) is 19.3. The minimum Gasteiger partial charge on any atom is -0.469 e. The zero-order chi connectivity index (χ0) is 28.5. The Morgan fingerprint density at radius 3 is 2.33 bits per heavy atom. The van der Waals surface area contributed by atoms with E-state index >= 15 is 0 Å². The highest BCUT2D eigenvalue weighted by molar-refractivity contribution is 6.29. The Bertz CT molecular complexity index is 1400. The fraction of sp³-hybridized carbons (Fsp3) is 0.481. The van der Waals surface area contributed by atoms with Gasteiger partial charge < -0.3 is 9.64 Å². The SMILES string of the molecule is CCC1CN(C(CC(=O)OC)c2ccc(C(F)(F)F)cc2)[C@H](CC)CN1c1nc(=O)n(C)c2ccc(Cl)nc12. The van der Waals surface area contributed by atoms with Gasteiger partial charge in [0.25, 0.3) is 0 Å². The van der Waals surface area contributed by atoms with Gasteiger partial charge >= 0.3 is 17.8 Å². The maximum Gasteiger partial charge on any atom is 0.416 e. The van der Waals surface area contributed by atoms with E-state index in [4.69, 9.17) is 16.3 Å². The van der Waals surface area contributed by atoms with E-state index in [0.717, 1.165) is 12.1 Å². The molecule has 0 amide bonds. The van der Waals surface area contributed by atoms with Gasteiger partial charge in [0, 0.05) is 38.3 Å². The molecule has 2 unspecified atom stereocenters. The number of pyridine rings is 1. The summed E-state index contributed by atoms with van der Waals surface area (Å²) in [4.78, 5) is 38.3. The topological polar surface area (TPSA) is 80.6 Å². The molecular weight excluding hydrogens is 535 g/mol. The molecule has 0 saturated carbocycles. The number of aryl methyl sites for hydroxylation is 1. The second-order valence-electron chi connectivity index (χ2n) is 9.67. The highest BCUT2D eigenvalue weighted by Gasteiger charge is 2.39. The van der Waals surface area contributed by atoms with Crippen molar-refractivity contribution in [3.63, 3.8) is 0 Å². The number of carbonyl (C=O) groups is 1. The van der Waals surface area contributed by atoms with E-state index in [1.54, 1.807) is 19.2 Å². The van der Waals surface area contributed by atoms with Crippen LogP contribution in [-0.2, 0) is 22.8 Å². The Morgan fingerprint density at radius 2 is 1.74 bits per heavy atom. The average molecular weight is 566 g/mol. The van der Waals surface area contributed by atoms with Gasteiger partial charge in [-0.1, -0.05) is 37.6 Å². The lowest BCUT2D eigenvalue weighted by Gasteiger charge is -2.49. The van der Waals surface area contributed by atoms with Gasteiger partial charge in [0.1, 0.15) is 10.7 Å². The minimum absolute atomic E-state index is 0.0149. The average Bonchev–Trinajstić information content (AvgIpc) is 2.92. The lowest BCUT2D eigenvalue weighted by atomic mass is 9.94. The van der Waals surface area contributed by atoms with Crippen molar-refractivity contribution in [3.05, 3.63) is 63.2 Å². The summed E-state index contributed by atoms with van der Waals surface area (Å²) in [6.07, 6.45) is -3.11. The van der Waals surface area contributed by atoms with Gasteiger partial charge in [0.15, 0.2) is 5.82 Å². The van der Waals surface area contributed by atoms with E-state index in [0.29, 0.717) is 48.3 Å². The molecule has 1 aromatic carbocycles. The number of halogens is 4. The van der Waals surface area contributed by atoms with Crippen molar-refractivity contribution < 1.29 is 22.7 Å². The molecule has 210 valence electrons. The zero-order valence-electron chi connectivity index (χ0n) is 22.2. The summed E-state index contributed by atoms with van der Waals surface area (Å²) >= 11 is 6.21. The van der Waals surface area contributed by atoms with E-state index in [9.17, 15) is 22.8 Å². The number of hydrogen-bond donors (Lipinski definition) is 0. The molecule has 1 saturated heterocycles. The van der Waals surface area contributed by atoms with Crippen LogP contribution in [0.2, 0.25) is 5.15 Å². The second kappa shape index (κ2) is 11.5. The van der Waals surface area contributed by atoms with Gasteiger partial charge in [-0.3, -0.25) is 14.3 Å². The van der Waals surface area contributed by atoms with E-state index in [-0.39, 0.29) is 23.7 Å². The van der Waals surface area contributed by atoms with Crippen LogP contribution < -0.4 is 10.6 Å². The highest BCUT2D eigenvalue weighted by atomic mass is 35.5. The first-order chi connectivity index (χ1) is 18.5. The van der Waals surface area contributed by atoms with E-state index < -0.39 is 29.4 Å². The number of alkyl halides is 3. The summed E-state index contributed by atoms with van der Waals surface area (Å²) in [5.74, 6) is -0.0112. The number of methoxy groups -OCH3 is 1. The van der Waals surface area contributed by atoms with Crippen molar-refractivity contribution in [2.45, 2.75) is 57.4 Å². The molecular formula is C27H31ClF3N5O3. The number of esters is 1. The molecule has 8 nitrogen and oxygen atoms in total. The van der Waals surface area contributed by atoms with Crippen LogP contribution >= 0.6 is 11.6 Å². The Morgan fingerprint density at radius 1 is 1.08 bits per heavy atom. The Hall–Kier alpha value is -3.18. The van der Waals surface area contributed by atoms with Crippen LogP contribution in [0.5, 0.6) is 0 Å². The van der Waals surface area contributed by atoms with Crippen LogP contribution in [0, 0.1) is 0 Å². The Balaban J connectivity index is 1.75. The van der Waals surface area contributed by atoms with Crippen LogP contribution in [0.4, 0.5) is 19.0 Å². The van der Waals surface area contributed by atoms with Crippen molar-refractivity contribution in [1.29, 1.82) is 0 Å². The molecule has 0 aliphatic carbocycles. The molecule has 4 rings (SSSR count). The molecule has 1 fully saturated rings. The standard InChI is InChI=1S/C27H31ClF3N5O3/c1-5-18-15-36(25-24-20(11-12-22(28)32-24)34(3)26(38)33-25)19(6-2)14-35(18)21(13-23(37)39-4)16-7-9-17(10-8-16)27(29,30)31/h7-12,18-19,21H,5-6,13-15H2,1-4H3/t18-,19?,21?/m1/s1. The first-order valence-electron chi connectivity index (χ1n) is 12.8. The fourth-order valence-corrected chi connectivity index (χ4v) is 5.42. The fourth-order valence-electron chi connectivity index (χ4n) is 5.27. The molecule has 12 heteroatoms. The molecule has 1 aliphatic heterocycles. The van der Waals surface area contributed by atoms with Gasteiger partial charge in [-0.15, -0.1) is 0 Å². The minimum atomic E-state index is -4.46. The summed E-state index contributed by atoms with van der Waals surface area (Å²) in [5.41, 5.74) is 0.551. The Labute approximate surface area is 229 Å². The number of hydrogen-bond acceptors (Lipinski definition) is 7. The van der Waals surface area contributed by atoms with Gasteiger partial charge in [-0.05, 0) is 42.7 Å². The van der Waals surface area contributed by atoms with E-state index in [1.165, 1.54) is 23.8 Å². The summed E-state index contributed by atoms with van der Waals surface area (Å²) in [5, 5.41) is 0.281. The number of nitrogens with zero attached hydrogens (tertiary/aromatic N) is 5. The smallest absolute Gasteiger partial charge is 0.416 e. The molecule has 1 aliphatic rings. The van der Waals surface area contributed by atoms with Crippen molar-refractivity contribution >= 4 is 34.4 Å². The number of aromatic nitrogens is 3. The first kappa shape index (κ1) is 28.8. The summed E-state index contributed by atoms with van der Waals surface area (Å²) < 4.78 is 46.0. The number of benzene rings is 1. The molecule has 3 aromatic rings. The quantitative estimate of drug-likeness (QED) is 0.295. The monoisotopic (exact) mass is 565 g/mol. The Kier molecular flexibility index (Phi) is 8.51. The van der Waals surface area contributed by atoms with Crippen LogP contribution in [0.25, 0.3) is 11.0 Å². The summed E-state index contributed by atoms with van der Waals surface area (Å²) in [7, 11) is 2.92. The zero-order valence-corrected chi connectivity index (χ0v) is 23.0. The predicted octanol–water partition coefficient (Wildman–Crippen LogP) is 4.98. The number of carbonyl (C=O) groups excluding carboxylic acids is 1. The third-order valence-corrected chi connectivity index (χ3v) is 7.68. The molecule has 0 radical (unpaired) electrons.